The summed E-state index contributed by atoms with van der Waals surface area (Å²) in [6.45, 7) is 8.23. The van der Waals surface area contributed by atoms with E-state index in [9.17, 15) is 9.59 Å². The van der Waals surface area contributed by atoms with Crippen molar-refractivity contribution in [2.45, 2.75) is 46.6 Å². The van der Waals surface area contributed by atoms with Crippen LogP contribution in [0.2, 0.25) is 0 Å². The third-order valence-electron chi connectivity index (χ3n) is 3.02. The third kappa shape index (κ3) is 6.42. The number of ether oxygens (including phenoxy) is 1. The Hall–Kier alpha value is -1.32. The van der Waals surface area contributed by atoms with Crippen molar-refractivity contribution >= 4 is 12.4 Å². The molecule has 2 atom stereocenters. The van der Waals surface area contributed by atoms with Crippen LogP contribution in [0.1, 0.15) is 40.5 Å². The molecule has 1 N–H and O–H groups in total. The lowest BCUT2D eigenvalue weighted by molar-refractivity contribution is -0.143. The minimum atomic E-state index is -0.765. The second kappa shape index (κ2) is 8.72. The highest BCUT2D eigenvalue weighted by Crippen LogP contribution is 2.17. The van der Waals surface area contributed by atoms with Crippen LogP contribution in [0.4, 0.5) is 0 Å². The molecule has 0 unspecified atom stereocenters. The van der Waals surface area contributed by atoms with E-state index in [1.165, 1.54) is 0 Å². The Bertz CT molecular complexity index is 282. The Morgan fingerprint density at radius 2 is 1.67 bits per heavy atom. The highest BCUT2D eigenvalue weighted by molar-refractivity contribution is 5.70. The molecule has 0 aliphatic carbocycles. The molecule has 0 fully saturated rings. The number of hydrogen-bond acceptors (Lipinski definition) is 3. The fourth-order valence-electron chi connectivity index (χ4n) is 1.69. The van der Waals surface area contributed by atoms with E-state index in [1.807, 2.05) is 39.8 Å². The molecule has 0 aliphatic heterocycles. The van der Waals surface area contributed by atoms with Crippen LogP contribution in [-0.2, 0) is 14.3 Å². The Morgan fingerprint density at radius 3 is 2.06 bits per heavy atom. The number of hydrogen-bond donors (Lipinski definition) is 1. The number of aliphatic carboxylic acids is 1. The van der Waals surface area contributed by atoms with Gasteiger partial charge < -0.3 is 9.84 Å². The topological polar surface area (TPSA) is 63.6 Å². The normalized spacial score (nSPS) is 15.0. The molecular weight excluding hydrogens is 232 g/mol. The second-order valence-corrected chi connectivity index (χ2v) is 5.15. The zero-order valence-electron chi connectivity index (χ0n) is 11.6. The van der Waals surface area contributed by atoms with Crippen LogP contribution in [0.5, 0.6) is 0 Å². The number of allylic oxidation sites excluding steroid dienone is 1. The number of carbonyl (C=O) groups is 2. The molecule has 0 radical (unpaired) electrons. The van der Waals surface area contributed by atoms with Gasteiger partial charge in [0.25, 0.3) is 6.47 Å². The maximum absolute atomic E-state index is 11.0. The highest BCUT2D eigenvalue weighted by Gasteiger charge is 2.19. The maximum Gasteiger partial charge on any atom is 0.307 e. The molecule has 0 heterocycles. The van der Waals surface area contributed by atoms with Crippen molar-refractivity contribution in [1.29, 1.82) is 0 Å². The van der Waals surface area contributed by atoms with Crippen molar-refractivity contribution in [2.24, 2.45) is 17.8 Å². The quantitative estimate of drug-likeness (QED) is 0.509. The van der Waals surface area contributed by atoms with E-state index in [0.29, 0.717) is 19.3 Å². The average Bonchev–Trinajstić information content (AvgIpc) is 2.25. The van der Waals surface area contributed by atoms with Gasteiger partial charge in [0.2, 0.25) is 0 Å². The number of carboxylic acid groups (broad SMARTS) is 1. The second-order valence-electron chi connectivity index (χ2n) is 5.15. The predicted octanol–water partition coefficient (Wildman–Crippen LogP) is 2.88. The first-order valence-corrected chi connectivity index (χ1v) is 6.37. The Balaban J connectivity index is 4.22. The molecule has 0 aromatic carbocycles. The summed E-state index contributed by atoms with van der Waals surface area (Å²) in [7, 11) is 0. The van der Waals surface area contributed by atoms with Crippen LogP contribution < -0.4 is 0 Å². The van der Waals surface area contributed by atoms with Crippen molar-refractivity contribution in [1.82, 2.24) is 0 Å². The molecule has 0 bridgehead atoms. The summed E-state index contributed by atoms with van der Waals surface area (Å²) in [5, 5.41) is 9.02. The van der Waals surface area contributed by atoms with Crippen LogP contribution in [0, 0.1) is 17.8 Å². The largest absolute Gasteiger partial charge is 0.481 e. The maximum atomic E-state index is 11.0. The van der Waals surface area contributed by atoms with Crippen LogP contribution >= 0.6 is 0 Å². The molecule has 104 valence electrons. The molecule has 4 nitrogen and oxygen atoms in total. The molecule has 0 rings (SSSR count). The molecule has 0 aromatic rings. The summed E-state index contributed by atoms with van der Waals surface area (Å²) in [6, 6.07) is 0. The average molecular weight is 256 g/mol. The van der Waals surface area contributed by atoms with Crippen molar-refractivity contribution in [2.75, 3.05) is 0 Å². The SMILES string of the molecule is CC(C)[C@H](C/C=C\C[C@H](C(=O)O)C(C)C)OC=O. The number of rotatable bonds is 9. The fourth-order valence-corrected chi connectivity index (χ4v) is 1.69. The van der Waals surface area contributed by atoms with Gasteiger partial charge in [-0.05, 0) is 18.3 Å². The van der Waals surface area contributed by atoms with Gasteiger partial charge in [0.1, 0.15) is 6.10 Å². The van der Waals surface area contributed by atoms with E-state index < -0.39 is 5.97 Å². The minimum Gasteiger partial charge on any atom is -0.481 e. The molecule has 0 saturated carbocycles. The lowest BCUT2D eigenvalue weighted by Crippen LogP contribution is -2.19. The van der Waals surface area contributed by atoms with Gasteiger partial charge in [-0.2, -0.15) is 0 Å². The van der Waals surface area contributed by atoms with E-state index in [1.54, 1.807) is 0 Å². The van der Waals surface area contributed by atoms with Gasteiger partial charge in [-0.3, -0.25) is 9.59 Å². The number of carboxylic acids is 1. The third-order valence-corrected chi connectivity index (χ3v) is 3.02. The summed E-state index contributed by atoms with van der Waals surface area (Å²) in [6.07, 6.45) is 4.76. The molecule has 18 heavy (non-hydrogen) atoms. The van der Waals surface area contributed by atoms with Gasteiger partial charge in [0, 0.05) is 6.42 Å². The van der Waals surface area contributed by atoms with Crippen LogP contribution in [0.3, 0.4) is 0 Å². The van der Waals surface area contributed by atoms with E-state index in [4.69, 9.17) is 9.84 Å². The smallest absolute Gasteiger partial charge is 0.307 e. The lowest BCUT2D eigenvalue weighted by atomic mass is 9.92. The molecule has 0 amide bonds. The number of carbonyl (C=O) groups excluding carboxylic acids is 1. The standard InChI is InChI=1S/C14H24O4/c1-10(2)12(14(16)17)7-5-6-8-13(11(3)4)18-9-15/h5-6,9-13H,7-8H2,1-4H3,(H,16,17)/b6-5-/t12-,13-/m0/s1. The van der Waals surface area contributed by atoms with Gasteiger partial charge in [-0.15, -0.1) is 0 Å². The summed E-state index contributed by atoms with van der Waals surface area (Å²) in [4.78, 5) is 21.3. The Morgan fingerprint density at radius 1 is 1.11 bits per heavy atom. The minimum absolute atomic E-state index is 0.110. The van der Waals surface area contributed by atoms with Gasteiger partial charge in [0.05, 0.1) is 5.92 Å². The summed E-state index contributed by atoms with van der Waals surface area (Å²) in [5.41, 5.74) is 0. The van der Waals surface area contributed by atoms with Crippen molar-refractivity contribution in [3.8, 4) is 0 Å². The van der Waals surface area contributed by atoms with E-state index in [0.717, 1.165) is 0 Å². The monoisotopic (exact) mass is 256 g/mol. The van der Waals surface area contributed by atoms with Gasteiger partial charge in [-0.1, -0.05) is 39.8 Å². The molecule has 4 heteroatoms. The first kappa shape index (κ1) is 16.7. The van der Waals surface area contributed by atoms with Gasteiger partial charge in [-0.25, -0.2) is 0 Å². The Kier molecular flexibility index (Phi) is 8.08. The fraction of sp³-hybridized carbons (Fsp3) is 0.714. The van der Waals surface area contributed by atoms with Crippen LogP contribution in [0.15, 0.2) is 12.2 Å². The molecule has 0 aromatic heterocycles. The first-order chi connectivity index (χ1) is 8.40. The summed E-state index contributed by atoms with van der Waals surface area (Å²) >= 11 is 0. The zero-order chi connectivity index (χ0) is 14.1. The first-order valence-electron chi connectivity index (χ1n) is 6.37. The summed E-state index contributed by atoms with van der Waals surface area (Å²) < 4.78 is 4.96. The summed E-state index contributed by atoms with van der Waals surface area (Å²) in [5.74, 6) is -0.760. The highest BCUT2D eigenvalue weighted by atomic mass is 16.5. The van der Waals surface area contributed by atoms with E-state index >= 15 is 0 Å². The zero-order valence-corrected chi connectivity index (χ0v) is 11.6. The molecule has 0 aliphatic rings. The Labute approximate surface area is 109 Å². The molecule has 0 saturated heterocycles. The van der Waals surface area contributed by atoms with Crippen molar-refractivity contribution < 1.29 is 19.4 Å². The van der Waals surface area contributed by atoms with Crippen molar-refractivity contribution in [3.63, 3.8) is 0 Å². The van der Waals surface area contributed by atoms with Gasteiger partial charge in [0.15, 0.2) is 0 Å². The molecular formula is C14H24O4. The molecule has 0 spiro atoms. The van der Waals surface area contributed by atoms with Crippen LogP contribution in [0.25, 0.3) is 0 Å². The van der Waals surface area contributed by atoms with Gasteiger partial charge >= 0.3 is 5.97 Å². The van der Waals surface area contributed by atoms with E-state index in [2.05, 4.69) is 0 Å². The predicted molar refractivity (Wildman–Crippen MR) is 70.1 cm³/mol. The van der Waals surface area contributed by atoms with Crippen molar-refractivity contribution in [3.05, 3.63) is 12.2 Å². The van der Waals surface area contributed by atoms with E-state index in [-0.39, 0.29) is 23.9 Å². The lowest BCUT2D eigenvalue weighted by Gasteiger charge is -2.17. The van der Waals surface area contributed by atoms with Crippen LogP contribution in [-0.4, -0.2) is 23.7 Å².